The number of nitrogens with one attached hydrogen (secondary N) is 1. The van der Waals surface area contributed by atoms with E-state index in [0.717, 1.165) is 47.9 Å². The predicted octanol–water partition coefficient (Wildman–Crippen LogP) is 3.22. The average molecular weight is 342 g/mol. The highest BCUT2D eigenvalue weighted by Gasteiger charge is 2.20. The highest BCUT2D eigenvalue weighted by atomic mass is 32.1. The molecule has 0 radical (unpaired) electrons. The number of amides is 1. The van der Waals surface area contributed by atoms with Gasteiger partial charge in [-0.25, -0.2) is 4.39 Å². The van der Waals surface area contributed by atoms with Crippen LogP contribution in [0.4, 0.5) is 15.8 Å². The molecule has 0 spiro atoms. The molecule has 0 unspecified atom stereocenters. The Labute approximate surface area is 142 Å². The number of aryl methyl sites for hydroxylation is 1. The molecule has 0 fully saturated rings. The Bertz CT molecular complexity index is 910. The van der Waals surface area contributed by atoms with E-state index in [1.165, 1.54) is 6.07 Å². The molecule has 0 atom stereocenters. The van der Waals surface area contributed by atoms with E-state index in [1.807, 2.05) is 23.1 Å². The van der Waals surface area contributed by atoms with Gasteiger partial charge in [0.2, 0.25) is 5.91 Å². The Morgan fingerprint density at radius 3 is 3.12 bits per heavy atom. The minimum Gasteiger partial charge on any atom is -0.362 e. The molecule has 2 heterocycles. The number of rotatable bonds is 3. The van der Waals surface area contributed by atoms with Crippen molar-refractivity contribution in [2.24, 2.45) is 0 Å². The molecular formula is C17H15FN4OS. The van der Waals surface area contributed by atoms with Crippen LogP contribution in [-0.4, -0.2) is 27.7 Å². The molecule has 1 aliphatic rings. The molecule has 1 amide bonds. The lowest BCUT2D eigenvalue weighted by Crippen LogP contribution is -2.36. The van der Waals surface area contributed by atoms with Gasteiger partial charge in [0, 0.05) is 12.2 Å². The largest absolute Gasteiger partial charge is 0.362 e. The van der Waals surface area contributed by atoms with Crippen LogP contribution in [0.5, 0.6) is 0 Å². The van der Waals surface area contributed by atoms with E-state index in [-0.39, 0.29) is 18.3 Å². The third-order valence-electron chi connectivity index (χ3n) is 4.15. The third kappa shape index (κ3) is 2.82. The van der Waals surface area contributed by atoms with Gasteiger partial charge in [0.15, 0.2) is 0 Å². The number of benzene rings is 2. The molecule has 2 aromatic carbocycles. The summed E-state index contributed by atoms with van der Waals surface area (Å²) in [4.78, 5) is 14.4. The monoisotopic (exact) mass is 342 g/mol. The van der Waals surface area contributed by atoms with E-state index in [4.69, 9.17) is 0 Å². The SMILES string of the molecule is O=C(CN1CCCc2cc(F)ccc21)Nc1cccc2nsnc12. The van der Waals surface area contributed by atoms with Gasteiger partial charge in [-0.2, -0.15) is 8.75 Å². The maximum Gasteiger partial charge on any atom is 0.243 e. The Morgan fingerprint density at radius 2 is 2.21 bits per heavy atom. The first-order valence-electron chi connectivity index (χ1n) is 7.75. The summed E-state index contributed by atoms with van der Waals surface area (Å²) in [6, 6.07) is 10.3. The molecule has 0 saturated carbocycles. The van der Waals surface area contributed by atoms with Gasteiger partial charge >= 0.3 is 0 Å². The van der Waals surface area contributed by atoms with Gasteiger partial charge in [-0.1, -0.05) is 6.07 Å². The van der Waals surface area contributed by atoms with Crippen molar-refractivity contribution in [1.82, 2.24) is 8.75 Å². The van der Waals surface area contributed by atoms with E-state index >= 15 is 0 Å². The van der Waals surface area contributed by atoms with Crippen molar-refractivity contribution in [1.29, 1.82) is 0 Å². The number of anilines is 2. The standard InChI is InChI=1S/C17H15FN4OS/c18-12-6-7-15-11(9-12)3-2-8-22(15)10-16(23)19-13-4-1-5-14-17(13)21-24-20-14/h1,4-7,9H,2-3,8,10H2,(H,19,23). The second kappa shape index (κ2) is 6.16. The highest BCUT2D eigenvalue weighted by Crippen LogP contribution is 2.28. The third-order valence-corrected chi connectivity index (χ3v) is 4.69. The first-order valence-corrected chi connectivity index (χ1v) is 8.48. The molecule has 0 aliphatic carbocycles. The summed E-state index contributed by atoms with van der Waals surface area (Å²) in [6.45, 7) is 1.01. The molecule has 24 heavy (non-hydrogen) atoms. The normalized spacial score (nSPS) is 13.8. The van der Waals surface area contributed by atoms with Crippen molar-refractivity contribution in [3.05, 3.63) is 47.8 Å². The molecule has 0 saturated heterocycles. The molecule has 5 nitrogen and oxygen atoms in total. The lowest BCUT2D eigenvalue weighted by Gasteiger charge is -2.30. The van der Waals surface area contributed by atoms with Crippen molar-refractivity contribution in [3.8, 4) is 0 Å². The Kier molecular flexibility index (Phi) is 3.86. The molecule has 1 aromatic heterocycles. The van der Waals surface area contributed by atoms with Crippen molar-refractivity contribution in [2.45, 2.75) is 12.8 Å². The maximum atomic E-state index is 13.4. The number of hydrogen-bond donors (Lipinski definition) is 1. The van der Waals surface area contributed by atoms with E-state index in [2.05, 4.69) is 14.1 Å². The zero-order chi connectivity index (χ0) is 16.5. The van der Waals surface area contributed by atoms with Gasteiger partial charge in [0.05, 0.1) is 24.0 Å². The molecule has 7 heteroatoms. The smallest absolute Gasteiger partial charge is 0.243 e. The fraction of sp³-hybridized carbons (Fsp3) is 0.235. The van der Waals surface area contributed by atoms with Crippen LogP contribution < -0.4 is 10.2 Å². The molecule has 1 N–H and O–H groups in total. The molecular weight excluding hydrogens is 327 g/mol. The zero-order valence-electron chi connectivity index (χ0n) is 12.8. The number of aromatic nitrogens is 2. The van der Waals surface area contributed by atoms with Gasteiger partial charge in [0.25, 0.3) is 0 Å². The van der Waals surface area contributed by atoms with E-state index in [0.29, 0.717) is 11.2 Å². The Hall–Kier alpha value is -2.54. The van der Waals surface area contributed by atoms with E-state index in [1.54, 1.807) is 12.1 Å². The summed E-state index contributed by atoms with van der Waals surface area (Å²) in [6.07, 6.45) is 1.75. The van der Waals surface area contributed by atoms with Gasteiger partial charge in [-0.15, -0.1) is 0 Å². The van der Waals surface area contributed by atoms with Crippen LogP contribution in [0.1, 0.15) is 12.0 Å². The van der Waals surface area contributed by atoms with E-state index in [9.17, 15) is 9.18 Å². The van der Waals surface area contributed by atoms with Crippen LogP contribution in [0, 0.1) is 5.82 Å². The van der Waals surface area contributed by atoms with E-state index < -0.39 is 0 Å². The van der Waals surface area contributed by atoms with Crippen molar-refractivity contribution in [2.75, 3.05) is 23.3 Å². The minimum absolute atomic E-state index is 0.118. The van der Waals surface area contributed by atoms with Crippen molar-refractivity contribution >= 4 is 40.0 Å². The van der Waals surface area contributed by atoms with Crippen molar-refractivity contribution < 1.29 is 9.18 Å². The molecule has 122 valence electrons. The fourth-order valence-electron chi connectivity index (χ4n) is 3.08. The Morgan fingerprint density at radius 1 is 1.29 bits per heavy atom. The van der Waals surface area contributed by atoms with Crippen LogP contribution in [0.15, 0.2) is 36.4 Å². The number of halogens is 1. The topological polar surface area (TPSA) is 58.1 Å². The lowest BCUT2D eigenvalue weighted by molar-refractivity contribution is -0.115. The quantitative estimate of drug-likeness (QED) is 0.794. The summed E-state index contributed by atoms with van der Waals surface area (Å²) in [5.41, 5.74) is 4.04. The highest BCUT2D eigenvalue weighted by molar-refractivity contribution is 7.00. The minimum atomic E-state index is -0.234. The number of nitrogens with zero attached hydrogens (tertiary/aromatic N) is 3. The molecule has 0 bridgehead atoms. The number of hydrogen-bond acceptors (Lipinski definition) is 5. The molecule has 4 rings (SSSR count). The van der Waals surface area contributed by atoms with Gasteiger partial charge in [-0.3, -0.25) is 4.79 Å². The number of carbonyl (C=O) groups is 1. The molecule has 3 aromatic rings. The fourth-order valence-corrected chi connectivity index (χ4v) is 3.63. The number of carbonyl (C=O) groups excluding carboxylic acids is 1. The summed E-state index contributed by atoms with van der Waals surface area (Å²) in [7, 11) is 0. The van der Waals surface area contributed by atoms with Gasteiger partial charge < -0.3 is 10.2 Å². The van der Waals surface area contributed by atoms with Crippen LogP contribution in [0.2, 0.25) is 0 Å². The lowest BCUT2D eigenvalue weighted by atomic mass is 10.0. The van der Waals surface area contributed by atoms with Gasteiger partial charge in [0.1, 0.15) is 16.9 Å². The summed E-state index contributed by atoms with van der Waals surface area (Å²) >= 11 is 1.12. The summed E-state index contributed by atoms with van der Waals surface area (Å²) < 4.78 is 21.8. The zero-order valence-corrected chi connectivity index (χ0v) is 13.6. The second-order valence-corrected chi connectivity index (χ2v) is 6.31. The summed E-state index contributed by atoms with van der Waals surface area (Å²) in [5, 5.41) is 2.91. The summed E-state index contributed by atoms with van der Waals surface area (Å²) in [5.74, 6) is -0.351. The number of fused-ring (bicyclic) bond motifs is 2. The maximum absolute atomic E-state index is 13.4. The molecule has 1 aliphatic heterocycles. The van der Waals surface area contributed by atoms with Gasteiger partial charge in [-0.05, 0) is 48.7 Å². The Balaban J connectivity index is 1.52. The predicted molar refractivity (Wildman–Crippen MR) is 93.0 cm³/mol. The van der Waals surface area contributed by atoms with Crippen LogP contribution in [0.3, 0.4) is 0 Å². The van der Waals surface area contributed by atoms with Crippen LogP contribution >= 0.6 is 11.7 Å². The van der Waals surface area contributed by atoms with Crippen LogP contribution in [0.25, 0.3) is 11.0 Å². The average Bonchev–Trinajstić information content (AvgIpc) is 3.04. The first kappa shape index (κ1) is 15.0. The van der Waals surface area contributed by atoms with Crippen molar-refractivity contribution in [3.63, 3.8) is 0 Å². The second-order valence-electron chi connectivity index (χ2n) is 5.78. The van der Waals surface area contributed by atoms with Crippen LogP contribution in [-0.2, 0) is 11.2 Å². The first-order chi connectivity index (χ1) is 11.7.